The predicted octanol–water partition coefficient (Wildman–Crippen LogP) is 6.41. The van der Waals surface area contributed by atoms with Crippen molar-refractivity contribution in [3.63, 3.8) is 0 Å². The Balaban J connectivity index is 1.58. The second kappa shape index (κ2) is 10.5. The van der Waals surface area contributed by atoms with Crippen LogP contribution in [0.1, 0.15) is 46.8 Å². The van der Waals surface area contributed by atoms with Gasteiger partial charge in [0.1, 0.15) is 0 Å². The topological polar surface area (TPSA) is 23.6 Å². The second-order valence-electron chi connectivity index (χ2n) is 9.46. The molecule has 0 unspecified atom stereocenters. The molecule has 172 valence electrons. The lowest BCUT2D eigenvalue weighted by Crippen LogP contribution is -2.42. The third kappa shape index (κ3) is 5.66. The van der Waals surface area contributed by atoms with Gasteiger partial charge >= 0.3 is 0 Å². The van der Waals surface area contributed by atoms with Gasteiger partial charge in [-0.2, -0.15) is 0 Å². The van der Waals surface area contributed by atoms with Gasteiger partial charge in [-0.1, -0.05) is 66.2 Å². The smallest absolute Gasteiger partial charge is 0.254 e. The Morgan fingerprint density at radius 3 is 2.30 bits per heavy atom. The van der Waals surface area contributed by atoms with E-state index in [0.29, 0.717) is 11.8 Å². The van der Waals surface area contributed by atoms with Crippen LogP contribution in [0.3, 0.4) is 0 Å². The summed E-state index contributed by atoms with van der Waals surface area (Å²) >= 11 is 6.09. The summed E-state index contributed by atoms with van der Waals surface area (Å²) in [6, 6.07) is 26.6. The fourth-order valence-corrected chi connectivity index (χ4v) is 5.13. The van der Waals surface area contributed by atoms with E-state index in [1.165, 1.54) is 16.7 Å². The summed E-state index contributed by atoms with van der Waals surface area (Å²) in [5.41, 5.74) is 4.75. The lowest BCUT2D eigenvalue weighted by Gasteiger charge is -2.32. The van der Waals surface area contributed by atoms with E-state index in [4.69, 9.17) is 11.6 Å². The summed E-state index contributed by atoms with van der Waals surface area (Å²) in [6.45, 7) is 10.0. The van der Waals surface area contributed by atoms with Crippen LogP contribution in [0.15, 0.2) is 78.9 Å². The van der Waals surface area contributed by atoms with Gasteiger partial charge in [0.15, 0.2) is 0 Å². The van der Waals surface area contributed by atoms with Crippen LogP contribution in [0.5, 0.6) is 0 Å². The molecule has 1 aliphatic heterocycles. The van der Waals surface area contributed by atoms with E-state index in [0.717, 1.165) is 36.8 Å². The minimum Gasteiger partial charge on any atom is -0.336 e. The Hall–Kier alpha value is -2.62. The summed E-state index contributed by atoms with van der Waals surface area (Å²) in [5.74, 6) is 0.877. The van der Waals surface area contributed by atoms with Crippen molar-refractivity contribution in [2.75, 3.05) is 19.6 Å². The first-order valence-corrected chi connectivity index (χ1v) is 12.2. The number of likely N-dealkylation sites (tertiary alicyclic amines) is 1. The van der Waals surface area contributed by atoms with Crippen LogP contribution in [0.2, 0.25) is 5.02 Å². The first kappa shape index (κ1) is 23.5. The lowest BCUT2D eigenvalue weighted by atomic mass is 9.86. The van der Waals surface area contributed by atoms with Crippen LogP contribution in [0, 0.1) is 12.8 Å². The van der Waals surface area contributed by atoms with Crippen LogP contribution in [-0.4, -0.2) is 41.4 Å². The van der Waals surface area contributed by atoms with E-state index in [9.17, 15) is 4.79 Å². The van der Waals surface area contributed by atoms with Crippen LogP contribution in [-0.2, 0) is 6.54 Å². The number of hydrogen-bond donors (Lipinski definition) is 0. The minimum absolute atomic E-state index is 0.116. The Morgan fingerprint density at radius 2 is 1.64 bits per heavy atom. The zero-order valence-electron chi connectivity index (χ0n) is 19.7. The Labute approximate surface area is 203 Å². The first-order chi connectivity index (χ1) is 15.9. The maximum Gasteiger partial charge on any atom is 0.254 e. The lowest BCUT2D eigenvalue weighted by molar-refractivity contribution is 0.0668. The van der Waals surface area contributed by atoms with Gasteiger partial charge in [-0.05, 0) is 67.6 Å². The zero-order chi connectivity index (χ0) is 23.4. The SMILES string of the molecule is Cc1ccccc1[C@H]1CN(Cc2ccc(Cl)cc2)C[C@@H]1CN(C(=O)c1ccccc1)C(C)C. The highest BCUT2D eigenvalue weighted by Crippen LogP contribution is 2.36. The van der Waals surface area contributed by atoms with Gasteiger partial charge in [-0.15, -0.1) is 0 Å². The minimum atomic E-state index is 0.116. The molecule has 4 rings (SSSR count). The van der Waals surface area contributed by atoms with Crippen molar-refractivity contribution in [3.8, 4) is 0 Å². The molecule has 0 radical (unpaired) electrons. The van der Waals surface area contributed by atoms with Gasteiger partial charge in [-0.3, -0.25) is 9.69 Å². The van der Waals surface area contributed by atoms with E-state index in [1.54, 1.807) is 0 Å². The van der Waals surface area contributed by atoms with Crippen molar-refractivity contribution in [3.05, 3.63) is 106 Å². The molecule has 1 aliphatic rings. The monoisotopic (exact) mass is 460 g/mol. The fraction of sp³-hybridized carbons (Fsp3) is 0.345. The van der Waals surface area contributed by atoms with Crippen LogP contribution in [0.4, 0.5) is 0 Å². The summed E-state index contributed by atoms with van der Waals surface area (Å²) < 4.78 is 0. The number of rotatable bonds is 7. The van der Waals surface area contributed by atoms with Crippen molar-refractivity contribution in [1.82, 2.24) is 9.80 Å². The van der Waals surface area contributed by atoms with Crippen molar-refractivity contribution >= 4 is 17.5 Å². The number of halogens is 1. The molecule has 0 N–H and O–H groups in total. The van der Waals surface area contributed by atoms with Crippen LogP contribution < -0.4 is 0 Å². The molecule has 0 aromatic heterocycles. The van der Waals surface area contributed by atoms with Crippen molar-refractivity contribution in [1.29, 1.82) is 0 Å². The number of benzene rings is 3. The number of amides is 1. The number of aryl methyl sites for hydroxylation is 1. The van der Waals surface area contributed by atoms with E-state index in [2.05, 4.69) is 67.0 Å². The fourth-order valence-electron chi connectivity index (χ4n) is 5.01. The maximum absolute atomic E-state index is 13.4. The molecule has 1 saturated heterocycles. The molecule has 0 bridgehead atoms. The average molecular weight is 461 g/mol. The van der Waals surface area contributed by atoms with E-state index in [-0.39, 0.29) is 11.9 Å². The summed E-state index contributed by atoms with van der Waals surface area (Å²) in [7, 11) is 0. The van der Waals surface area contributed by atoms with Crippen molar-refractivity contribution < 1.29 is 4.79 Å². The molecule has 33 heavy (non-hydrogen) atoms. The molecular weight excluding hydrogens is 428 g/mol. The molecule has 0 spiro atoms. The maximum atomic E-state index is 13.4. The third-order valence-corrected chi connectivity index (χ3v) is 7.01. The van der Waals surface area contributed by atoms with E-state index < -0.39 is 0 Å². The van der Waals surface area contributed by atoms with Crippen LogP contribution in [0.25, 0.3) is 0 Å². The average Bonchev–Trinajstić information content (AvgIpc) is 3.21. The number of nitrogens with zero attached hydrogens (tertiary/aromatic N) is 2. The van der Waals surface area contributed by atoms with Gasteiger partial charge < -0.3 is 4.90 Å². The molecule has 4 heteroatoms. The highest BCUT2D eigenvalue weighted by atomic mass is 35.5. The standard InChI is InChI=1S/C29H33ClN2O/c1-21(2)32(29(33)24-10-5-4-6-11-24)19-25-18-31(17-23-13-15-26(30)16-14-23)20-28(25)27-12-8-7-9-22(27)3/h4-16,21,25,28H,17-20H2,1-3H3/t25-,28+/m1/s1. The molecule has 3 aromatic carbocycles. The summed E-state index contributed by atoms with van der Waals surface area (Å²) in [6.07, 6.45) is 0. The summed E-state index contributed by atoms with van der Waals surface area (Å²) in [4.78, 5) is 18.0. The molecule has 0 aliphatic carbocycles. The molecule has 1 fully saturated rings. The molecule has 1 heterocycles. The highest BCUT2D eigenvalue weighted by Gasteiger charge is 2.37. The predicted molar refractivity (Wildman–Crippen MR) is 137 cm³/mol. The van der Waals surface area contributed by atoms with Gasteiger partial charge in [0, 0.05) is 48.7 Å². The molecule has 1 amide bonds. The number of hydrogen-bond acceptors (Lipinski definition) is 2. The van der Waals surface area contributed by atoms with Gasteiger partial charge in [0.05, 0.1) is 0 Å². The van der Waals surface area contributed by atoms with Gasteiger partial charge in [-0.25, -0.2) is 0 Å². The number of carbonyl (C=O) groups is 1. The van der Waals surface area contributed by atoms with Crippen molar-refractivity contribution in [2.45, 2.75) is 39.3 Å². The largest absolute Gasteiger partial charge is 0.336 e. The first-order valence-electron chi connectivity index (χ1n) is 11.8. The second-order valence-corrected chi connectivity index (χ2v) is 9.90. The van der Waals surface area contributed by atoms with Gasteiger partial charge in [0.2, 0.25) is 0 Å². The highest BCUT2D eigenvalue weighted by molar-refractivity contribution is 6.30. The molecule has 2 atom stereocenters. The third-order valence-electron chi connectivity index (χ3n) is 6.76. The van der Waals surface area contributed by atoms with E-state index in [1.807, 2.05) is 42.5 Å². The summed E-state index contributed by atoms with van der Waals surface area (Å²) in [5, 5.41) is 0.767. The Morgan fingerprint density at radius 1 is 0.970 bits per heavy atom. The zero-order valence-corrected chi connectivity index (χ0v) is 20.5. The molecule has 0 saturated carbocycles. The normalized spacial score (nSPS) is 18.6. The number of carbonyl (C=O) groups excluding carboxylic acids is 1. The van der Waals surface area contributed by atoms with Gasteiger partial charge in [0.25, 0.3) is 5.91 Å². The van der Waals surface area contributed by atoms with Crippen LogP contribution >= 0.6 is 11.6 Å². The quantitative estimate of drug-likeness (QED) is 0.406. The molecule has 3 aromatic rings. The van der Waals surface area contributed by atoms with E-state index >= 15 is 0 Å². The molecule has 3 nitrogen and oxygen atoms in total. The Kier molecular flexibility index (Phi) is 7.52. The van der Waals surface area contributed by atoms with Crippen molar-refractivity contribution in [2.24, 2.45) is 5.92 Å². The molecular formula is C29H33ClN2O. The Bertz CT molecular complexity index is 1060.